The zero-order valence-corrected chi connectivity index (χ0v) is 14.7. The maximum absolute atomic E-state index is 11.9. The van der Waals surface area contributed by atoms with E-state index in [1.54, 1.807) is 0 Å². The average Bonchev–Trinajstić information content (AvgIpc) is 2.59. The lowest BCUT2D eigenvalue weighted by Crippen LogP contribution is -2.21. The molecular weight excluding hydrogens is 405 g/mol. The number of nitrogens with zero attached hydrogens (tertiary/aromatic N) is 2. The monoisotopic (exact) mass is 413 g/mol. The maximum Gasteiger partial charge on any atom is 0.338 e. The Kier molecular flexibility index (Phi) is 6.27. The van der Waals surface area contributed by atoms with Gasteiger partial charge in [-0.05, 0) is 24.3 Å². The molecule has 1 amide bonds. The Labute approximate surface area is 160 Å². The smallest absolute Gasteiger partial charge is 0.338 e. The van der Waals surface area contributed by atoms with Crippen molar-refractivity contribution >= 4 is 52.1 Å². The van der Waals surface area contributed by atoms with E-state index in [9.17, 15) is 29.8 Å². The Morgan fingerprint density at radius 1 is 1.00 bits per heavy atom. The predicted molar refractivity (Wildman–Crippen MR) is 95.1 cm³/mol. The third kappa shape index (κ3) is 5.12. The van der Waals surface area contributed by atoms with Crippen molar-refractivity contribution in [2.24, 2.45) is 0 Å². The molecule has 0 bridgehead atoms. The minimum atomic E-state index is -1.01. The molecule has 0 aromatic heterocycles. The first kappa shape index (κ1) is 20.1. The lowest BCUT2D eigenvalue weighted by molar-refractivity contribution is -0.384. The number of carbonyl (C=O) groups excluding carboxylic acids is 2. The van der Waals surface area contributed by atoms with Gasteiger partial charge in [0.25, 0.3) is 17.3 Å². The molecule has 2 aromatic carbocycles. The topological polar surface area (TPSA) is 142 Å². The molecule has 0 saturated carbocycles. The van der Waals surface area contributed by atoms with Crippen LogP contribution in [-0.4, -0.2) is 28.3 Å². The van der Waals surface area contributed by atoms with Gasteiger partial charge in [-0.2, -0.15) is 0 Å². The molecule has 2 rings (SSSR count). The van der Waals surface area contributed by atoms with Crippen LogP contribution in [0.15, 0.2) is 36.4 Å². The number of rotatable bonds is 6. The van der Waals surface area contributed by atoms with Crippen molar-refractivity contribution < 1.29 is 24.2 Å². The molecule has 10 nitrogen and oxygen atoms in total. The number of nitrogens with one attached hydrogen (secondary N) is 1. The SMILES string of the molecule is O=C(COC(=O)c1ccc(Cl)c([N+](=O)[O-])c1)Nc1cc(Cl)ccc1[N+](=O)[O-]. The molecule has 0 aliphatic rings. The summed E-state index contributed by atoms with van der Waals surface area (Å²) in [6.45, 7) is -0.779. The average molecular weight is 414 g/mol. The minimum Gasteiger partial charge on any atom is -0.452 e. The molecule has 1 N–H and O–H groups in total. The molecule has 27 heavy (non-hydrogen) atoms. The van der Waals surface area contributed by atoms with Gasteiger partial charge in [0.2, 0.25) is 0 Å². The third-order valence-corrected chi connectivity index (χ3v) is 3.70. The second-order valence-corrected chi connectivity index (χ2v) is 5.81. The van der Waals surface area contributed by atoms with Gasteiger partial charge in [-0.15, -0.1) is 0 Å². The Bertz CT molecular complexity index is 949. The molecule has 0 unspecified atom stereocenters. The molecule has 0 aliphatic carbocycles. The van der Waals surface area contributed by atoms with Gasteiger partial charge < -0.3 is 10.1 Å². The zero-order chi connectivity index (χ0) is 20.1. The fraction of sp³-hybridized carbons (Fsp3) is 0.0667. The highest BCUT2D eigenvalue weighted by Crippen LogP contribution is 2.28. The van der Waals surface area contributed by atoms with Crippen LogP contribution in [0, 0.1) is 20.2 Å². The Morgan fingerprint density at radius 2 is 1.67 bits per heavy atom. The molecule has 2 aromatic rings. The molecule has 0 atom stereocenters. The van der Waals surface area contributed by atoms with Crippen LogP contribution in [0.5, 0.6) is 0 Å². The van der Waals surface area contributed by atoms with Gasteiger partial charge in [-0.3, -0.25) is 25.0 Å². The van der Waals surface area contributed by atoms with Crippen molar-refractivity contribution in [2.45, 2.75) is 0 Å². The lowest BCUT2D eigenvalue weighted by atomic mass is 10.2. The molecule has 0 saturated heterocycles. The van der Waals surface area contributed by atoms with Gasteiger partial charge in [-0.25, -0.2) is 4.79 Å². The maximum atomic E-state index is 11.9. The van der Waals surface area contributed by atoms with Gasteiger partial charge in [0, 0.05) is 17.2 Å². The van der Waals surface area contributed by atoms with Crippen molar-refractivity contribution in [3.8, 4) is 0 Å². The van der Waals surface area contributed by atoms with E-state index in [1.165, 1.54) is 18.2 Å². The van der Waals surface area contributed by atoms with Gasteiger partial charge >= 0.3 is 5.97 Å². The van der Waals surface area contributed by atoms with E-state index in [0.29, 0.717) is 0 Å². The number of anilines is 1. The van der Waals surface area contributed by atoms with Crippen LogP contribution in [-0.2, 0) is 9.53 Å². The Morgan fingerprint density at radius 3 is 2.30 bits per heavy atom. The summed E-state index contributed by atoms with van der Waals surface area (Å²) in [4.78, 5) is 44.1. The fourth-order valence-electron chi connectivity index (χ4n) is 1.95. The number of nitro groups is 2. The first-order valence-corrected chi connectivity index (χ1v) is 7.79. The molecule has 0 aliphatic heterocycles. The largest absolute Gasteiger partial charge is 0.452 e. The number of nitro benzene ring substituents is 2. The molecule has 140 valence electrons. The summed E-state index contributed by atoms with van der Waals surface area (Å²) in [5, 5.41) is 24.0. The number of carbonyl (C=O) groups is 2. The molecular formula is C15H9Cl2N3O7. The van der Waals surface area contributed by atoms with Gasteiger partial charge in [0.05, 0.1) is 15.4 Å². The first-order chi connectivity index (χ1) is 12.7. The molecule has 0 heterocycles. The zero-order valence-electron chi connectivity index (χ0n) is 13.2. The van der Waals surface area contributed by atoms with E-state index in [4.69, 9.17) is 27.9 Å². The molecule has 0 spiro atoms. The van der Waals surface area contributed by atoms with Gasteiger partial charge in [-0.1, -0.05) is 23.2 Å². The fourth-order valence-corrected chi connectivity index (χ4v) is 2.31. The number of amides is 1. The van der Waals surface area contributed by atoms with Crippen molar-refractivity contribution in [1.29, 1.82) is 0 Å². The van der Waals surface area contributed by atoms with Crippen LogP contribution in [0.25, 0.3) is 0 Å². The normalized spacial score (nSPS) is 10.1. The third-order valence-electron chi connectivity index (χ3n) is 3.14. The minimum absolute atomic E-state index is 0.154. The van der Waals surface area contributed by atoms with E-state index in [2.05, 4.69) is 5.32 Å². The highest BCUT2D eigenvalue weighted by Gasteiger charge is 2.20. The van der Waals surface area contributed by atoms with Crippen LogP contribution in [0.2, 0.25) is 10.0 Å². The summed E-state index contributed by atoms with van der Waals surface area (Å²) in [5.41, 5.74) is -1.25. The first-order valence-electron chi connectivity index (χ1n) is 7.04. The summed E-state index contributed by atoms with van der Waals surface area (Å²) in [6, 6.07) is 6.80. The van der Waals surface area contributed by atoms with Gasteiger partial charge in [0.15, 0.2) is 6.61 Å². The number of hydrogen-bond acceptors (Lipinski definition) is 7. The van der Waals surface area contributed by atoms with Crippen molar-refractivity contribution in [3.05, 3.63) is 72.2 Å². The summed E-state index contributed by atoms with van der Waals surface area (Å²) in [7, 11) is 0. The van der Waals surface area contributed by atoms with E-state index < -0.39 is 39.7 Å². The van der Waals surface area contributed by atoms with Crippen LogP contribution in [0.4, 0.5) is 17.1 Å². The standard InChI is InChI=1S/C15H9Cl2N3O7/c16-9-2-4-12(19(23)24)11(6-9)18-14(21)7-27-15(22)8-1-3-10(17)13(5-8)20(25)26/h1-6H,7H2,(H,18,21). The molecule has 0 fully saturated rings. The van der Waals surface area contributed by atoms with Crippen LogP contribution < -0.4 is 5.32 Å². The highest BCUT2D eigenvalue weighted by atomic mass is 35.5. The van der Waals surface area contributed by atoms with Crippen LogP contribution >= 0.6 is 23.2 Å². The van der Waals surface area contributed by atoms with E-state index in [-0.39, 0.29) is 21.3 Å². The molecule has 12 heteroatoms. The lowest BCUT2D eigenvalue weighted by Gasteiger charge is -2.08. The quantitative estimate of drug-likeness (QED) is 0.432. The second-order valence-electron chi connectivity index (χ2n) is 4.97. The molecule has 0 radical (unpaired) electrons. The summed E-state index contributed by atoms with van der Waals surface area (Å²) >= 11 is 11.4. The number of halogens is 2. The van der Waals surface area contributed by atoms with E-state index in [1.807, 2.05) is 0 Å². The van der Waals surface area contributed by atoms with Crippen molar-refractivity contribution in [2.75, 3.05) is 11.9 Å². The summed E-state index contributed by atoms with van der Waals surface area (Å²) in [5.74, 6) is -1.87. The summed E-state index contributed by atoms with van der Waals surface area (Å²) < 4.78 is 4.75. The van der Waals surface area contributed by atoms with Crippen LogP contribution in [0.3, 0.4) is 0 Å². The number of hydrogen-bond donors (Lipinski definition) is 1. The number of benzene rings is 2. The highest BCUT2D eigenvalue weighted by molar-refractivity contribution is 6.32. The second kappa shape index (κ2) is 8.43. The Hall–Kier alpha value is -3.24. The number of esters is 1. The van der Waals surface area contributed by atoms with Crippen molar-refractivity contribution in [3.63, 3.8) is 0 Å². The van der Waals surface area contributed by atoms with Crippen LogP contribution in [0.1, 0.15) is 10.4 Å². The Balaban J connectivity index is 2.05. The van der Waals surface area contributed by atoms with E-state index in [0.717, 1.165) is 18.2 Å². The van der Waals surface area contributed by atoms with Gasteiger partial charge in [0.1, 0.15) is 10.7 Å². The predicted octanol–water partition coefficient (Wildman–Crippen LogP) is 3.61. The number of ether oxygens (including phenoxy) is 1. The van der Waals surface area contributed by atoms with E-state index >= 15 is 0 Å². The summed E-state index contributed by atoms with van der Waals surface area (Å²) in [6.07, 6.45) is 0. The van der Waals surface area contributed by atoms with Crippen molar-refractivity contribution in [1.82, 2.24) is 0 Å².